The summed E-state index contributed by atoms with van der Waals surface area (Å²) in [5, 5.41) is 18.1. The molecule has 0 aliphatic heterocycles. The number of carbonyl (C=O) groups excluding carboxylic acids is 1. The van der Waals surface area contributed by atoms with Gasteiger partial charge in [-0.15, -0.1) is 15.3 Å². The summed E-state index contributed by atoms with van der Waals surface area (Å²) in [5.41, 5.74) is 2.40. The number of halogens is 1. The van der Waals surface area contributed by atoms with Gasteiger partial charge in [-0.2, -0.15) is 0 Å². The van der Waals surface area contributed by atoms with Crippen LogP contribution in [0.2, 0.25) is 0 Å². The molecule has 2 heterocycles. The molecule has 27 heavy (non-hydrogen) atoms. The minimum Gasteiger partial charge on any atom is -0.321 e. The highest BCUT2D eigenvalue weighted by molar-refractivity contribution is 6.02. The third kappa shape index (κ3) is 3.87. The number of carbonyl (C=O) groups is 1. The number of hydrogen-bond acceptors (Lipinski definition) is 5. The van der Waals surface area contributed by atoms with Gasteiger partial charge in [0, 0.05) is 11.4 Å². The van der Waals surface area contributed by atoms with Crippen molar-refractivity contribution < 1.29 is 9.18 Å². The van der Waals surface area contributed by atoms with Gasteiger partial charge < -0.3 is 5.32 Å². The molecular weight excluding hydrogens is 349 g/mol. The van der Waals surface area contributed by atoms with Crippen LogP contribution in [-0.2, 0) is 6.54 Å². The zero-order chi connectivity index (χ0) is 18.6. The zero-order valence-corrected chi connectivity index (χ0v) is 14.0. The molecule has 0 unspecified atom stereocenters. The summed E-state index contributed by atoms with van der Waals surface area (Å²) in [4.78, 5) is 12.3. The number of rotatable bonds is 5. The molecule has 0 bridgehead atoms. The number of benzene rings is 2. The van der Waals surface area contributed by atoms with Crippen molar-refractivity contribution in [2.45, 2.75) is 6.54 Å². The smallest absolute Gasteiger partial charge is 0.277 e. The largest absolute Gasteiger partial charge is 0.321 e. The van der Waals surface area contributed by atoms with E-state index >= 15 is 0 Å². The Bertz CT molecular complexity index is 1060. The van der Waals surface area contributed by atoms with Gasteiger partial charge in [-0.25, -0.2) is 9.07 Å². The third-order valence-corrected chi connectivity index (χ3v) is 3.85. The zero-order valence-electron chi connectivity index (χ0n) is 14.0. The van der Waals surface area contributed by atoms with Crippen molar-refractivity contribution in [3.8, 4) is 5.69 Å². The lowest BCUT2D eigenvalue weighted by Crippen LogP contribution is -2.12. The minimum absolute atomic E-state index is 0.175. The molecule has 134 valence electrons. The normalized spacial score (nSPS) is 10.7. The van der Waals surface area contributed by atoms with E-state index in [2.05, 4.69) is 25.8 Å². The van der Waals surface area contributed by atoms with Gasteiger partial charge in [0.2, 0.25) is 0 Å². The fourth-order valence-electron chi connectivity index (χ4n) is 2.55. The van der Waals surface area contributed by atoms with Gasteiger partial charge >= 0.3 is 0 Å². The molecule has 0 fully saturated rings. The molecule has 0 aliphatic carbocycles. The first kappa shape index (κ1) is 16.6. The molecule has 9 heteroatoms. The summed E-state index contributed by atoms with van der Waals surface area (Å²) in [6.07, 6.45) is 4.70. The number of nitrogens with zero attached hydrogens (tertiary/aromatic N) is 6. The summed E-state index contributed by atoms with van der Waals surface area (Å²) in [6, 6.07) is 13.4. The number of amides is 1. The lowest BCUT2D eigenvalue weighted by Gasteiger charge is -2.05. The Kier molecular flexibility index (Phi) is 4.40. The highest BCUT2D eigenvalue weighted by Gasteiger charge is 2.11. The average molecular weight is 363 g/mol. The van der Waals surface area contributed by atoms with E-state index in [0.717, 1.165) is 11.3 Å². The van der Waals surface area contributed by atoms with Gasteiger partial charge in [-0.1, -0.05) is 17.3 Å². The van der Waals surface area contributed by atoms with Gasteiger partial charge in [-0.3, -0.25) is 9.36 Å². The molecule has 0 spiro atoms. The molecule has 0 saturated carbocycles. The van der Waals surface area contributed by atoms with Crippen molar-refractivity contribution in [1.82, 2.24) is 29.8 Å². The first-order valence-electron chi connectivity index (χ1n) is 8.08. The fourth-order valence-corrected chi connectivity index (χ4v) is 2.55. The van der Waals surface area contributed by atoms with Crippen LogP contribution in [0, 0.1) is 5.82 Å². The first-order valence-corrected chi connectivity index (χ1v) is 8.08. The number of nitrogens with one attached hydrogen (secondary N) is 1. The van der Waals surface area contributed by atoms with E-state index < -0.39 is 0 Å². The quantitative estimate of drug-likeness (QED) is 0.588. The van der Waals surface area contributed by atoms with E-state index in [4.69, 9.17) is 0 Å². The molecule has 4 rings (SSSR count). The number of anilines is 1. The monoisotopic (exact) mass is 363 g/mol. The molecular formula is C18H14FN7O. The maximum Gasteiger partial charge on any atom is 0.277 e. The van der Waals surface area contributed by atoms with Crippen molar-refractivity contribution in [2.24, 2.45) is 0 Å². The lowest BCUT2D eigenvalue weighted by atomic mass is 10.2. The van der Waals surface area contributed by atoms with Crippen LogP contribution in [0.25, 0.3) is 5.69 Å². The average Bonchev–Trinajstić information content (AvgIpc) is 3.34. The Labute approximate surface area is 153 Å². The van der Waals surface area contributed by atoms with Gasteiger partial charge in [0.1, 0.15) is 18.5 Å². The number of hydrogen-bond donors (Lipinski definition) is 1. The van der Waals surface area contributed by atoms with Crippen LogP contribution >= 0.6 is 0 Å². The Morgan fingerprint density at radius 2 is 1.85 bits per heavy atom. The predicted octanol–water partition coefficient (Wildman–Crippen LogP) is 2.30. The van der Waals surface area contributed by atoms with Crippen LogP contribution in [0.5, 0.6) is 0 Å². The van der Waals surface area contributed by atoms with E-state index in [1.165, 1.54) is 23.0 Å². The van der Waals surface area contributed by atoms with Gasteiger partial charge in [0.05, 0.1) is 12.7 Å². The van der Waals surface area contributed by atoms with E-state index in [9.17, 15) is 9.18 Å². The highest BCUT2D eigenvalue weighted by Crippen LogP contribution is 2.13. The Morgan fingerprint density at radius 1 is 1.07 bits per heavy atom. The molecule has 0 saturated heterocycles. The van der Waals surface area contributed by atoms with Crippen LogP contribution in [0.3, 0.4) is 0 Å². The van der Waals surface area contributed by atoms with Crippen LogP contribution in [0.15, 0.2) is 67.4 Å². The van der Waals surface area contributed by atoms with Gasteiger partial charge in [0.25, 0.3) is 5.91 Å². The molecule has 1 N–H and O–H groups in total. The second-order valence-corrected chi connectivity index (χ2v) is 5.80. The predicted molar refractivity (Wildman–Crippen MR) is 94.8 cm³/mol. The topological polar surface area (TPSA) is 90.5 Å². The Hall–Kier alpha value is -3.88. The fraction of sp³-hybridized carbons (Fsp3) is 0.0556. The molecule has 8 nitrogen and oxygen atoms in total. The second-order valence-electron chi connectivity index (χ2n) is 5.80. The van der Waals surface area contributed by atoms with Crippen LogP contribution in [0.4, 0.5) is 10.1 Å². The van der Waals surface area contributed by atoms with Crippen molar-refractivity contribution in [2.75, 3.05) is 5.32 Å². The summed E-state index contributed by atoms with van der Waals surface area (Å²) in [6.45, 7) is 0.325. The van der Waals surface area contributed by atoms with E-state index in [1.54, 1.807) is 41.5 Å². The Morgan fingerprint density at radius 3 is 2.59 bits per heavy atom. The van der Waals surface area contributed by atoms with E-state index in [1.807, 2.05) is 12.1 Å². The maximum atomic E-state index is 13.2. The second kappa shape index (κ2) is 7.16. The van der Waals surface area contributed by atoms with E-state index in [0.29, 0.717) is 12.2 Å². The summed E-state index contributed by atoms with van der Waals surface area (Å²) < 4.78 is 16.5. The van der Waals surface area contributed by atoms with Crippen molar-refractivity contribution in [3.05, 3.63) is 84.5 Å². The summed E-state index contributed by atoms with van der Waals surface area (Å²) in [7, 11) is 0. The third-order valence-electron chi connectivity index (χ3n) is 3.85. The molecule has 1 amide bonds. The molecule has 0 radical (unpaired) electrons. The van der Waals surface area contributed by atoms with Crippen molar-refractivity contribution in [1.29, 1.82) is 0 Å². The highest BCUT2D eigenvalue weighted by atomic mass is 19.1. The summed E-state index contributed by atoms with van der Waals surface area (Å²) >= 11 is 0. The first-order chi connectivity index (χ1) is 13.2. The molecule has 2 aromatic heterocycles. The van der Waals surface area contributed by atoms with Crippen LogP contribution < -0.4 is 5.32 Å². The standard InChI is InChI=1S/C18H14FN7O/c19-14-3-1-2-13(8-14)9-26-10-17(23-24-26)18(27)22-15-4-6-16(7-5-15)25-11-20-21-12-25/h1-8,10-12H,9H2,(H,22,27). The minimum atomic E-state index is -0.377. The molecule has 0 atom stereocenters. The SMILES string of the molecule is O=C(Nc1ccc(-n2cnnc2)cc1)c1cn(Cc2cccc(F)c2)nn1. The summed E-state index contributed by atoms with van der Waals surface area (Å²) in [5.74, 6) is -0.696. The van der Waals surface area contributed by atoms with Gasteiger partial charge in [-0.05, 0) is 42.0 Å². The van der Waals surface area contributed by atoms with Crippen LogP contribution in [-0.4, -0.2) is 35.7 Å². The molecule has 0 aliphatic rings. The molecule has 2 aromatic carbocycles. The van der Waals surface area contributed by atoms with Crippen molar-refractivity contribution in [3.63, 3.8) is 0 Å². The molecule has 4 aromatic rings. The van der Waals surface area contributed by atoms with E-state index in [-0.39, 0.29) is 17.4 Å². The number of aromatic nitrogens is 6. The van der Waals surface area contributed by atoms with Crippen molar-refractivity contribution >= 4 is 11.6 Å². The maximum absolute atomic E-state index is 13.2. The van der Waals surface area contributed by atoms with Crippen LogP contribution in [0.1, 0.15) is 16.1 Å². The lowest BCUT2D eigenvalue weighted by molar-refractivity contribution is 0.102. The Balaban J connectivity index is 1.42. The van der Waals surface area contributed by atoms with Gasteiger partial charge in [0.15, 0.2) is 5.69 Å².